The standard InChI is InChI=1S/C32H32N4O2S/c37-31(27-11-17-30(18-12-27)38-24-26-9-5-2-6-10-26)34-32(39)33-28-13-15-29(16-14-28)36-21-19-35(20-22-36)23-25-7-3-1-4-8-25/h1-18H,19-24H2,(H2,33,34,37,39). The van der Waals surface area contributed by atoms with E-state index < -0.39 is 0 Å². The van der Waals surface area contributed by atoms with E-state index in [0.717, 1.165) is 44.0 Å². The molecule has 0 bridgehead atoms. The Morgan fingerprint density at radius 3 is 2.00 bits per heavy atom. The highest BCUT2D eigenvalue weighted by Crippen LogP contribution is 2.20. The number of rotatable bonds is 8. The van der Waals surface area contributed by atoms with E-state index in [1.165, 1.54) is 11.3 Å². The second-order valence-electron chi connectivity index (χ2n) is 9.50. The van der Waals surface area contributed by atoms with Crippen molar-refractivity contribution in [3.05, 3.63) is 126 Å². The molecular formula is C32H32N4O2S. The first kappa shape index (κ1) is 26.4. The number of hydrogen-bond acceptors (Lipinski definition) is 5. The number of benzene rings is 4. The van der Waals surface area contributed by atoms with Gasteiger partial charge in [-0.1, -0.05) is 60.7 Å². The summed E-state index contributed by atoms with van der Waals surface area (Å²) >= 11 is 5.37. The molecule has 4 aromatic rings. The number of anilines is 2. The monoisotopic (exact) mass is 536 g/mol. The fourth-order valence-electron chi connectivity index (χ4n) is 4.54. The quantitative estimate of drug-likeness (QED) is 0.281. The molecule has 4 aromatic carbocycles. The van der Waals surface area contributed by atoms with Gasteiger partial charge < -0.3 is 15.0 Å². The minimum Gasteiger partial charge on any atom is -0.489 e. The molecule has 0 aliphatic carbocycles. The number of nitrogens with zero attached hydrogens (tertiary/aromatic N) is 2. The van der Waals surface area contributed by atoms with Crippen molar-refractivity contribution in [1.82, 2.24) is 10.2 Å². The maximum absolute atomic E-state index is 12.6. The third kappa shape index (κ3) is 7.66. The molecule has 0 unspecified atom stereocenters. The average molecular weight is 537 g/mol. The van der Waals surface area contributed by atoms with Crippen LogP contribution in [0.1, 0.15) is 21.5 Å². The molecule has 6 nitrogen and oxygen atoms in total. The van der Waals surface area contributed by atoms with E-state index in [-0.39, 0.29) is 11.0 Å². The van der Waals surface area contributed by atoms with Crippen LogP contribution in [0.15, 0.2) is 109 Å². The van der Waals surface area contributed by atoms with Gasteiger partial charge in [0, 0.05) is 49.7 Å². The zero-order valence-electron chi connectivity index (χ0n) is 21.8. The second kappa shape index (κ2) is 13.0. The Labute approximate surface area is 235 Å². The topological polar surface area (TPSA) is 56.8 Å². The number of hydrogen-bond donors (Lipinski definition) is 2. The van der Waals surface area contributed by atoms with Gasteiger partial charge in [0.1, 0.15) is 12.4 Å². The maximum atomic E-state index is 12.6. The van der Waals surface area contributed by atoms with Crippen molar-refractivity contribution in [3.8, 4) is 5.75 Å². The Bertz CT molecular complexity index is 1360. The molecule has 5 rings (SSSR count). The lowest BCUT2D eigenvalue weighted by molar-refractivity contribution is 0.0977. The third-order valence-corrected chi connectivity index (χ3v) is 6.91. The average Bonchev–Trinajstić information content (AvgIpc) is 2.98. The van der Waals surface area contributed by atoms with Crippen LogP contribution in [0.25, 0.3) is 0 Å². The summed E-state index contributed by atoms with van der Waals surface area (Å²) in [6.45, 7) is 5.52. The molecule has 0 spiro atoms. The SMILES string of the molecule is O=C(NC(=S)Nc1ccc(N2CCN(Cc3ccccc3)CC2)cc1)c1ccc(OCc2ccccc2)cc1. The summed E-state index contributed by atoms with van der Waals surface area (Å²) in [6, 6.07) is 35.8. The van der Waals surface area contributed by atoms with Crippen LogP contribution < -0.4 is 20.3 Å². The fraction of sp³-hybridized carbons (Fsp3) is 0.188. The van der Waals surface area contributed by atoms with Gasteiger partial charge >= 0.3 is 0 Å². The van der Waals surface area contributed by atoms with E-state index in [1.54, 1.807) is 24.3 Å². The van der Waals surface area contributed by atoms with E-state index in [4.69, 9.17) is 17.0 Å². The summed E-state index contributed by atoms with van der Waals surface area (Å²) in [6.07, 6.45) is 0. The minimum absolute atomic E-state index is 0.256. The largest absolute Gasteiger partial charge is 0.489 e. The van der Waals surface area contributed by atoms with Crippen LogP contribution in [0.3, 0.4) is 0 Å². The van der Waals surface area contributed by atoms with Crippen molar-refractivity contribution in [2.75, 3.05) is 36.4 Å². The van der Waals surface area contributed by atoms with Crippen LogP contribution in [-0.4, -0.2) is 42.1 Å². The summed E-state index contributed by atoms with van der Waals surface area (Å²) < 4.78 is 5.79. The number of amides is 1. The number of carbonyl (C=O) groups excluding carboxylic acids is 1. The van der Waals surface area contributed by atoms with Gasteiger partial charge in [0.15, 0.2) is 5.11 Å². The van der Waals surface area contributed by atoms with Crippen LogP contribution in [0.2, 0.25) is 0 Å². The molecule has 2 N–H and O–H groups in total. The van der Waals surface area contributed by atoms with E-state index in [0.29, 0.717) is 17.9 Å². The van der Waals surface area contributed by atoms with Crippen LogP contribution >= 0.6 is 12.2 Å². The molecule has 0 atom stereocenters. The summed E-state index contributed by atoms with van der Waals surface area (Å²) in [4.78, 5) is 17.5. The van der Waals surface area contributed by atoms with Crippen molar-refractivity contribution in [1.29, 1.82) is 0 Å². The lowest BCUT2D eigenvalue weighted by Gasteiger charge is -2.36. The van der Waals surface area contributed by atoms with E-state index in [9.17, 15) is 4.79 Å². The Hall–Kier alpha value is -4.20. The predicted octanol–water partition coefficient (Wildman–Crippen LogP) is 5.71. The Morgan fingerprint density at radius 2 is 1.36 bits per heavy atom. The molecular weight excluding hydrogens is 504 g/mol. The van der Waals surface area contributed by atoms with Gasteiger partial charge in [-0.2, -0.15) is 0 Å². The number of thiocarbonyl (C=S) groups is 1. The summed E-state index contributed by atoms with van der Waals surface area (Å²) in [5.74, 6) is 0.431. The van der Waals surface area contributed by atoms with Crippen molar-refractivity contribution in [3.63, 3.8) is 0 Å². The maximum Gasteiger partial charge on any atom is 0.257 e. The van der Waals surface area contributed by atoms with Crippen molar-refractivity contribution in [2.45, 2.75) is 13.2 Å². The molecule has 1 fully saturated rings. The van der Waals surface area contributed by atoms with Gasteiger partial charge in [-0.25, -0.2) is 0 Å². The summed E-state index contributed by atoms with van der Waals surface area (Å²) in [5.41, 5.74) is 4.97. The highest BCUT2D eigenvalue weighted by Gasteiger charge is 2.17. The first-order valence-electron chi connectivity index (χ1n) is 13.1. The Kier molecular flexibility index (Phi) is 8.83. The van der Waals surface area contributed by atoms with Crippen LogP contribution in [0.5, 0.6) is 5.75 Å². The highest BCUT2D eigenvalue weighted by atomic mass is 32.1. The van der Waals surface area contributed by atoms with Crippen molar-refractivity contribution < 1.29 is 9.53 Å². The minimum atomic E-state index is -0.271. The number of ether oxygens (including phenoxy) is 1. The first-order chi connectivity index (χ1) is 19.1. The van der Waals surface area contributed by atoms with Gasteiger partial charge in [0.25, 0.3) is 5.91 Å². The van der Waals surface area contributed by atoms with Crippen LogP contribution in [0, 0.1) is 0 Å². The molecule has 1 aliphatic rings. The molecule has 198 valence electrons. The summed E-state index contributed by atoms with van der Waals surface area (Å²) in [5, 5.41) is 6.11. The Balaban J connectivity index is 1.06. The van der Waals surface area contributed by atoms with Gasteiger partial charge in [0.05, 0.1) is 0 Å². The molecule has 1 amide bonds. The predicted molar refractivity (Wildman–Crippen MR) is 161 cm³/mol. The number of nitrogens with one attached hydrogen (secondary N) is 2. The summed E-state index contributed by atoms with van der Waals surface area (Å²) in [7, 11) is 0. The van der Waals surface area contributed by atoms with Gasteiger partial charge in [-0.3, -0.25) is 15.0 Å². The lowest BCUT2D eigenvalue weighted by Crippen LogP contribution is -2.45. The molecule has 1 saturated heterocycles. The normalized spacial score (nSPS) is 13.5. The molecule has 1 heterocycles. The van der Waals surface area contributed by atoms with Gasteiger partial charge in [-0.05, 0) is 71.9 Å². The molecule has 0 aromatic heterocycles. The van der Waals surface area contributed by atoms with Gasteiger partial charge in [-0.15, -0.1) is 0 Å². The van der Waals surface area contributed by atoms with E-state index in [1.807, 2.05) is 42.5 Å². The zero-order valence-corrected chi connectivity index (χ0v) is 22.6. The molecule has 7 heteroatoms. The van der Waals surface area contributed by atoms with Crippen molar-refractivity contribution in [2.24, 2.45) is 0 Å². The number of piperazine rings is 1. The molecule has 1 aliphatic heterocycles. The lowest BCUT2D eigenvalue weighted by atomic mass is 10.2. The fourth-order valence-corrected chi connectivity index (χ4v) is 4.75. The zero-order chi connectivity index (χ0) is 26.9. The number of carbonyl (C=O) groups is 1. The Morgan fingerprint density at radius 1 is 0.744 bits per heavy atom. The second-order valence-corrected chi connectivity index (χ2v) is 9.91. The molecule has 0 saturated carbocycles. The third-order valence-electron chi connectivity index (χ3n) is 6.70. The van der Waals surface area contributed by atoms with E-state index in [2.05, 4.69) is 62.9 Å². The molecule has 39 heavy (non-hydrogen) atoms. The van der Waals surface area contributed by atoms with Crippen LogP contribution in [0.4, 0.5) is 11.4 Å². The molecule has 0 radical (unpaired) electrons. The van der Waals surface area contributed by atoms with Gasteiger partial charge in [0.2, 0.25) is 0 Å². The van der Waals surface area contributed by atoms with Crippen LogP contribution in [-0.2, 0) is 13.2 Å². The van der Waals surface area contributed by atoms with E-state index >= 15 is 0 Å². The smallest absolute Gasteiger partial charge is 0.257 e. The first-order valence-corrected chi connectivity index (χ1v) is 13.5. The highest BCUT2D eigenvalue weighted by molar-refractivity contribution is 7.80. The van der Waals surface area contributed by atoms with Crippen molar-refractivity contribution >= 4 is 34.6 Å².